The molecule has 3 N–H and O–H groups in total. The van der Waals surface area contributed by atoms with Crippen LogP contribution in [0.2, 0.25) is 0 Å². The molecule has 0 saturated carbocycles. The number of carboxylic acids is 1. The predicted octanol–water partition coefficient (Wildman–Crippen LogP) is 1.16. The Morgan fingerprint density at radius 1 is 1.35 bits per heavy atom. The molecule has 7 nitrogen and oxygen atoms in total. The fourth-order valence-corrected chi connectivity index (χ4v) is 2.13. The second-order valence-electron chi connectivity index (χ2n) is 5.07. The molecule has 0 aliphatic rings. The number of aromatic amines is 1. The van der Waals surface area contributed by atoms with Gasteiger partial charge in [0.25, 0.3) is 0 Å². The van der Waals surface area contributed by atoms with E-state index in [0.717, 1.165) is 11.3 Å². The van der Waals surface area contributed by atoms with Gasteiger partial charge in [-0.1, -0.05) is 12.1 Å². The lowest BCUT2D eigenvalue weighted by Gasteiger charge is -2.14. The number of ether oxygens (including phenoxy) is 1. The highest BCUT2D eigenvalue weighted by atomic mass is 16.5. The van der Waals surface area contributed by atoms with E-state index in [1.807, 2.05) is 0 Å². The zero-order chi connectivity index (χ0) is 16.7. The number of carbonyl (C=O) groups excluding carboxylic acids is 1. The summed E-state index contributed by atoms with van der Waals surface area (Å²) in [6.07, 6.45) is 4.12. The van der Waals surface area contributed by atoms with Gasteiger partial charge in [-0.05, 0) is 24.1 Å². The second kappa shape index (κ2) is 7.98. The van der Waals surface area contributed by atoms with Crippen LogP contribution in [0.4, 0.5) is 0 Å². The number of carboxylic acid groups (broad SMARTS) is 1. The SMILES string of the molecule is COc1ccc(CC(NC(=O)CCc2c[nH]cn2)C(=O)O)cc1. The van der Waals surface area contributed by atoms with Crippen molar-refractivity contribution < 1.29 is 19.4 Å². The van der Waals surface area contributed by atoms with Crippen molar-refractivity contribution >= 4 is 11.9 Å². The van der Waals surface area contributed by atoms with E-state index in [0.29, 0.717) is 12.2 Å². The van der Waals surface area contributed by atoms with E-state index in [1.54, 1.807) is 37.6 Å². The molecular formula is C16H19N3O4. The Bertz CT molecular complexity index is 638. The van der Waals surface area contributed by atoms with Crippen molar-refractivity contribution in [2.75, 3.05) is 7.11 Å². The molecule has 1 atom stereocenters. The van der Waals surface area contributed by atoms with Crippen LogP contribution >= 0.6 is 0 Å². The summed E-state index contributed by atoms with van der Waals surface area (Å²) in [5.41, 5.74) is 1.58. The molecule has 0 saturated heterocycles. The lowest BCUT2D eigenvalue weighted by molar-refractivity contribution is -0.141. The molecule has 23 heavy (non-hydrogen) atoms. The number of nitrogens with one attached hydrogen (secondary N) is 2. The molecule has 1 unspecified atom stereocenters. The number of hydrogen-bond donors (Lipinski definition) is 3. The van der Waals surface area contributed by atoms with Crippen molar-refractivity contribution in [1.29, 1.82) is 0 Å². The van der Waals surface area contributed by atoms with Gasteiger partial charge in [0.2, 0.25) is 5.91 Å². The number of imidazole rings is 1. The van der Waals surface area contributed by atoms with E-state index in [2.05, 4.69) is 15.3 Å². The van der Waals surface area contributed by atoms with Crippen LogP contribution in [0.1, 0.15) is 17.7 Å². The van der Waals surface area contributed by atoms with E-state index in [-0.39, 0.29) is 18.7 Å². The predicted molar refractivity (Wildman–Crippen MR) is 83.2 cm³/mol. The molecule has 0 spiro atoms. The fraction of sp³-hybridized carbons (Fsp3) is 0.312. The molecular weight excluding hydrogens is 298 g/mol. The van der Waals surface area contributed by atoms with Gasteiger partial charge in [-0.25, -0.2) is 9.78 Å². The zero-order valence-corrected chi connectivity index (χ0v) is 12.8. The topological polar surface area (TPSA) is 104 Å². The van der Waals surface area contributed by atoms with Crippen LogP contribution in [-0.2, 0) is 22.4 Å². The van der Waals surface area contributed by atoms with Crippen LogP contribution in [0.5, 0.6) is 5.75 Å². The highest BCUT2D eigenvalue weighted by Gasteiger charge is 2.20. The van der Waals surface area contributed by atoms with E-state index in [9.17, 15) is 14.7 Å². The molecule has 1 heterocycles. The largest absolute Gasteiger partial charge is 0.497 e. The Hall–Kier alpha value is -2.83. The van der Waals surface area contributed by atoms with Crippen molar-refractivity contribution in [3.8, 4) is 5.75 Å². The summed E-state index contributed by atoms with van der Waals surface area (Å²) in [5.74, 6) is -0.675. The third kappa shape index (κ3) is 5.14. The number of aliphatic carboxylic acids is 1. The first kappa shape index (κ1) is 16.5. The Balaban J connectivity index is 1.89. The first-order chi connectivity index (χ1) is 11.1. The summed E-state index contributed by atoms with van der Waals surface area (Å²) in [6, 6.07) is 6.12. The van der Waals surface area contributed by atoms with Gasteiger partial charge in [-0.3, -0.25) is 4.79 Å². The van der Waals surface area contributed by atoms with Gasteiger partial charge >= 0.3 is 5.97 Å². The first-order valence-corrected chi connectivity index (χ1v) is 7.21. The minimum Gasteiger partial charge on any atom is -0.497 e. The quantitative estimate of drug-likeness (QED) is 0.678. The van der Waals surface area contributed by atoms with Gasteiger partial charge < -0.3 is 20.1 Å². The monoisotopic (exact) mass is 317 g/mol. The highest BCUT2D eigenvalue weighted by molar-refractivity contribution is 5.83. The minimum atomic E-state index is -1.06. The van der Waals surface area contributed by atoms with Gasteiger partial charge in [0, 0.05) is 19.0 Å². The lowest BCUT2D eigenvalue weighted by atomic mass is 10.1. The molecule has 0 fully saturated rings. The number of benzene rings is 1. The summed E-state index contributed by atoms with van der Waals surface area (Å²) >= 11 is 0. The number of nitrogens with zero attached hydrogens (tertiary/aromatic N) is 1. The molecule has 1 amide bonds. The summed E-state index contributed by atoms with van der Waals surface area (Å²) in [7, 11) is 1.56. The maximum Gasteiger partial charge on any atom is 0.326 e. The smallest absolute Gasteiger partial charge is 0.326 e. The first-order valence-electron chi connectivity index (χ1n) is 7.21. The van der Waals surface area contributed by atoms with Gasteiger partial charge in [0.1, 0.15) is 11.8 Å². The van der Waals surface area contributed by atoms with Crippen molar-refractivity contribution in [2.45, 2.75) is 25.3 Å². The Labute approximate surface area is 133 Å². The zero-order valence-electron chi connectivity index (χ0n) is 12.8. The average molecular weight is 317 g/mol. The van der Waals surface area contributed by atoms with Crippen LogP contribution in [0.3, 0.4) is 0 Å². The van der Waals surface area contributed by atoms with Crippen molar-refractivity contribution in [1.82, 2.24) is 15.3 Å². The van der Waals surface area contributed by atoms with E-state index >= 15 is 0 Å². The molecule has 0 aliphatic carbocycles. The molecule has 1 aromatic heterocycles. The Morgan fingerprint density at radius 3 is 2.65 bits per heavy atom. The van der Waals surface area contributed by atoms with Gasteiger partial charge in [-0.15, -0.1) is 0 Å². The highest BCUT2D eigenvalue weighted by Crippen LogP contribution is 2.13. The fourth-order valence-electron chi connectivity index (χ4n) is 2.13. The normalized spacial score (nSPS) is 11.7. The number of rotatable bonds is 8. The molecule has 122 valence electrons. The third-order valence-corrected chi connectivity index (χ3v) is 3.40. The number of aromatic nitrogens is 2. The Kier molecular flexibility index (Phi) is 5.74. The van der Waals surface area contributed by atoms with E-state index in [1.165, 1.54) is 6.33 Å². The molecule has 0 bridgehead atoms. The van der Waals surface area contributed by atoms with E-state index < -0.39 is 12.0 Å². The van der Waals surface area contributed by atoms with Gasteiger partial charge in [0.15, 0.2) is 0 Å². The van der Waals surface area contributed by atoms with Crippen LogP contribution in [0.25, 0.3) is 0 Å². The second-order valence-corrected chi connectivity index (χ2v) is 5.07. The Morgan fingerprint density at radius 2 is 2.09 bits per heavy atom. The number of hydrogen-bond acceptors (Lipinski definition) is 4. The molecule has 0 aliphatic heterocycles. The van der Waals surface area contributed by atoms with Crippen molar-refractivity contribution in [3.05, 3.63) is 48.0 Å². The number of carbonyl (C=O) groups is 2. The maximum atomic E-state index is 11.9. The van der Waals surface area contributed by atoms with Crippen molar-refractivity contribution in [2.24, 2.45) is 0 Å². The molecule has 7 heteroatoms. The summed E-state index contributed by atoms with van der Waals surface area (Å²) in [5, 5.41) is 11.8. The van der Waals surface area contributed by atoms with Gasteiger partial charge in [-0.2, -0.15) is 0 Å². The van der Waals surface area contributed by atoms with Crippen LogP contribution in [-0.4, -0.2) is 40.1 Å². The molecule has 2 rings (SSSR count). The van der Waals surface area contributed by atoms with Crippen molar-refractivity contribution in [3.63, 3.8) is 0 Å². The summed E-state index contributed by atoms with van der Waals surface area (Å²) in [4.78, 5) is 30.1. The van der Waals surface area contributed by atoms with Crippen LogP contribution in [0, 0.1) is 0 Å². The molecule has 2 aromatic rings. The van der Waals surface area contributed by atoms with Gasteiger partial charge in [0.05, 0.1) is 19.1 Å². The maximum absolute atomic E-state index is 11.9. The standard InChI is InChI=1S/C16H19N3O4/c1-23-13-5-2-11(3-6-13)8-14(16(21)22)19-15(20)7-4-12-9-17-10-18-12/h2-3,5-6,9-10,14H,4,7-8H2,1H3,(H,17,18)(H,19,20)(H,21,22). The summed E-state index contributed by atoms with van der Waals surface area (Å²) in [6.45, 7) is 0. The van der Waals surface area contributed by atoms with E-state index in [4.69, 9.17) is 4.74 Å². The third-order valence-electron chi connectivity index (χ3n) is 3.40. The van der Waals surface area contributed by atoms with Crippen LogP contribution in [0.15, 0.2) is 36.8 Å². The van der Waals surface area contributed by atoms with Crippen LogP contribution < -0.4 is 10.1 Å². The number of H-pyrrole nitrogens is 1. The summed E-state index contributed by atoms with van der Waals surface area (Å²) < 4.78 is 5.06. The number of methoxy groups -OCH3 is 1. The molecule has 0 radical (unpaired) electrons. The number of aryl methyl sites for hydroxylation is 1. The minimum absolute atomic E-state index is 0.192. The molecule has 1 aromatic carbocycles. The average Bonchev–Trinajstić information content (AvgIpc) is 3.06. The number of amides is 1. The lowest BCUT2D eigenvalue weighted by Crippen LogP contribution is -2.42.